The second-order valence-electron chi connectivity index (χ2n) is 3.41. The van der Waals surface area contributed by atoms with E-state index in [1.165, 1.54) is 6.08 Å². The number of guanidine groups is 1. The van der Waals surface area contributed by atoms with Gasteiger partial charge in [0.05, 0.1) is 17.3 Å². The van der Waals surface area contributed by atoms with Gasteiger partial charge in [-0.3, -0.25) is 0 Å². The van der Waals surface area contributed by atoms with E-state index in [1.807, 2.05) is 13.0 Å². The maximum Gasteiger partial charge on any atom is 0.235 e. The van der Waals surface area contributed by atoms with Crippen LogP contribution in [-0.2, 0) is 11.3 Å². The molecule has 0 saturated carbocycles. The molecule has 0 unspecified atom stereocenters. The van der Waals surface area contributed by atoms with E-state index in [2.05, 4.69) is 15.3 Å². The van der Waals surface area contributed by atoms with Crippen LogP contribution in [0.3, 0.4) is 0 Å². The molecule has 17 heavy (non-hydrogen) atoms. The molecular formula is C11H13ClN4O. The zero-order chi connectivity index (χ0) is 12.8. The first-order chi connectivity index (χ1) is 8.08. The summed E-state index contributed by atoms with van der Waals surface area (Å²) >= 11 is 6.08. The Kier molecular flexibility index (Phi) is 4.69. The van der Waals surface area contributed by atoms with Crippen molar-refractivity contribution < 1.29 is 4.79 Å². The van der Waals surface area contributed by atoms with Crippen molar-refractivity contribution in [2.45, 2.75) is 13.5 Å². The average molecular weight is 253 g/mol. The molecule has 6 heteroatoms. The lowest BCUT2D eigenvalue weighted by atomic mass is 10.1. The number of isocyanates is 1. The number of nitrogens with two attached hydrogens (primary N) is 1. The van der Waals surface area contributed by atoms with Gasteiger partial charge in [0.2, 0.25) is 6.08 Å². The number of nitrogens with one attached hydrogen (secondary N) is 1. The standard InChI is InChI=1S/C11H13ClN4O/c1-7-3-8(5-15-6-17)10(9(12)4-7)16-11(13)14-2/h3-4H,5H2,1-2H3,(H3,13,14,16). The van der Waals surface area contributed by atoms with Crippen LogP contribution in [0, 0.1) is 6.92 Å². The highest BCUT2D eigenvalue weighted by Crippen LogP contribution is 2.31. The molecule has 0 atom stereocenters. The van der Waals surface area contributed by atoms with Gasteiger partial charge in [0.15, 0.2) is 5.96 Å². The molecule has 5 nitrogen and oxygen atoms in total. The summed E-state index contributed by atoms with van der Waals surface area (Å²) in [6.45, 7) is 2.08. The largest absolute Gasteiger partial charge is 0.370 e. The summed E-state index contributed by atoms with van der Waals surface area (Å²) in [4.78, 5) is 17.8. The molecule has 90 valence electrons. The second kappa shape index (κ2) is 6.03. The molecule has 0 aliphatic heterocycles. The van der Waals surface area contributed by atoms with Gasteiger partial charge in [0.25, 0.3) is 0 Å². The van der Waals surface area contributed by atoms with Crippen LogP contribution in [0.25, 0.3) is 0 Å². The molecule has 0 saturated heterocycles. The fraction of sp³-hybridized carbons (Fsp3) is 0.273. The minimum Gasteiger partial charge on any atom is -0.370 e. The van der Waals surface area contributed by atoms with E-state index >= 15 is 0 Å². The van der Waals surface area contributed by atoms with Crippen LogP contribution in [0.1, 0.15) is 11.1 Å². The summed E-state index contributed by atoms with van der Waals surface area (Å²) in [5.74, 6) is 0.243. The zero-order valence-electron chi connectivity index (χ0n) is 9.62. The summed E-state index contributed by atoms with van der Waals surface area (Å²) in [6.07, 6.45) is 1.49. The Morgan fingerprint density at radius 2 is 2.29 bits per heavy atom. The van der Waals surface area contributed by atoms with Gasteiger partial charge in [-0.05, 0) is 18.6 Å². The van der Waals surface area contributed by atoms with Crippen molar-refractivity contribution in [3.8, 4) is 0 Å². The molecule has 0 spiro atoms. The molecule has 0 bridgehead atoms. The van der Waals surface area contributed by atoms with Crippen LogP contribution in [0.5, 0.6) is 0 Å². The molecule has 0 fully saturated rings. The monoisotopic (exact) mass is 252 g/mol. The Balaban J connectivity index is 3.29. The number of benzene rings is 1. The number of halogens is 1. The molecule has 1 aromatic carbocycles. The minimum absolute atomic E-state index is 0.181. The summed E-state index contributed by atoms with van der Waals surface area (Å²) < 4.78 is 0. The summed E-state index contributed by atoms with van der Waals surface area (Å²) in [5, 5.41) is 3.17. The van der Waals surface area contributed by atoms with Gasteiger partial charge in [0, 0.05) is 12.6 Å². The molecule has 0 aromatic heterocycles. The Hall–Kier alpha value is -1.84. The third-order valence-electron chi connectivity index (χ3n) is 2.09. The van der Waals surface area contributed by atoms with Gasteiger partial charge in [0.1, 0.15) is 0 Å². The van der Waals surface area contributed by atoms with Crippen molar-refractivity contribution in [1.29, 1.82) is 0 Å². The van der Waals surface area contributed by atoms with E-state index in [0.717, 1.165) is 11.1 Å². The van der Waals surface area contributed by atoms with Gasteiger partial charge < -0.3 is 11.1 Å². The molecule has 1 rings (SSSR count). The maximum atomic E-state index is 10.1. The van der Waals surface area contributed by atoms with Crippen LogP contribution >= 0.6 is 11.6 Å². The van der Waals surface area contributed by atoms with Crippen molar-refractivity contribution in [2.24, 2.45) is 15.7 Å². The molecule has 0 radical (unpaired) electrons. The fourth-order valence-corrected chi connectivity index (χ4v) is 1.68. The molecule has 0 heterocycles. The Morgan fingerprint density at radius 1 is 1.59 bits per heavy atom. The SMILES string of the molecule is CNC(N)=Nc1c(Cl)cc(C)cc1CN=C=O. The highest BCUT2D eigenvalue weighted by atomic mass is 35.5. The third-order valence-corrected chi connectivity index (χ3v) is 2.38. The summed E-state index contributed by atoms with van der Waals surface area (Å²) in [7, 11) is 1.66. The number of nitrogens with zero attached hydrogens (tertiary/aromatic N) is 2. The Morgan fingerprint density at radius 3 is 2.88 bits per heavy atom. The van der Waals surface area contributed by atoms with E-state index in [0.29, 0.717) is 10.7 Å². The van der Waals surface area contributed by atoms with Crippen molar-refractivity contribution in [3.05, 3.63) is 28.3 Å². The van der Waals surface area contributed by atoms with Crippen molar-refractivity contribution >= 4 is 29.3 Å². The number of hydrogen-bond acceptors (Lipinski definition) is 3. The Bertz CT molecular complexity index is 492. The summed E-state index contributed by atoms with van der Waals surface area (Å²) in [5.41, 5.74) is 7.80. The van der Waals surface area contributed by atoms with Gasteiger partial charge in [-0.2, -0.15) is 0 Å². The first kappa shape index (κ1) is 13.2. The first-order valence-electron chi connectivity index (χ1n) is 4.93. The number of aryl methyl sites for hydroxylation is 1. The second-order valence-corrected chi connectivity index (χ2v) is 3.82. The molecule has 0 aliphatic carbocycles. The van der Waals surface area contributed by atoms with Crippen molar-refractivity contribution in [1.82, 2.24) is 5.32 Å². The fourth-order valence-electron chi connectivity index (χ4n) is 1.35. The number of hydrogen-bond donors (Lipinski definition) is 2. The summed E-state index contributed by atoms with van der Waals surface area (Å²) in [6, 6.07) is 3.63. The lowest BCUT2D eigenvalue weighted by Gasteiger charge is -2.08. The lowest BCUT2D eigenvalue weighted by molar-refractivity contribution is 0.563. The third kappa shape index (κ3) is 3.59. The van der Waals surface area contributed by atoms with E-state index in [9.17, 15) is 4.79 Å². The van der Waals surface area contributed by atoms with E-state index in [-0.39, 0.29) is 12.5 Å². The van der Waals surface area contributed by atoms with Gasteiger partial charge >= 0.3 is 0 Å². The van der Waals surface area contributed by atoms with Crippen LogP contribution in [-0.4, -0.2) is 19.1 Å². The van der Waals surface area contributed by atoms with Gasteiger partial charge in [-0.1, -0.05) is 17.7 Å². The molecule has 0 amide bonds. The van der Waals surface area contributed by atoms with Crippen molar-refractivity contribution in [3.63, 3.8) is 0 Å². The normalized spacial score (nSPS) is 10.9. The molecule has 1 aromatic rings. The van der Waals surface area contributed by atoms with Crippen LogP contribution in [0.4, 0.5) is 5.69 Å². The highest BCUT2D eigenvalue weighted by Gasteiger charge is 2.08. The molecule has 3 N–H and O–H groups in total. The highest BCUT2D eigenvalue weighted by molar-refractivity contribution is 6.33. The zero-order valence-corrected chi connectivity index (χ0v) is 10.4. The van der Waals surface area contributed by atoms with E-state index < -0.39 is 0 Å². The predicted molar refractivity (Wildman–Crippen MR) is 68.4 cm³/mol. The van der Waals surface area contributed by atoms with E-state index in [1.54, 1.807) is 13.1 Å². The smallest absolute Gasteiger partial charge is 0.235 e. The van der Waals surface area contributed by atoms with Crippen LogP contribution < -0.4 is 11.1 Å². The predicted octanol–water partition coefficient (Wildman–Crippen LogP) is 1.65. The van der Waals surface area contributed by atoms with Gasteiger partial charge in [-0.25, -0.2) is 14.8 Å². The number of rotatable bonds is 3. The molecular weight excluding hydrogens is 240 g/mol. The van der Waals surface area contributed by atoms with Gasteiger partial charge in [-0.15, -0.1) is 0 Å². The maximum absolute atomic E-state index is 10.1. The molecule has 0 aliphatic rings. The van der Waals surface area contributed by atoms with Crippen LogP contribution in [0.15, 0.2) is 22.1 Å². The lowest BCUT2D eigenvalue weighted by Crippen LogP contribution is -2.27. The average Bonchev–Trinajstić information content (AvgIpc) is 2.29. The topological polar surface area (TPSA) is 79.8 Å². The first-order valence-corrected chi connectivity index (χ1v) is 5.31. The quantitative estimate of drug-likeness (QED) is 0.488. The Labute approximate surface area is 104 Å². The van der Waals surface area contributed by atoms with Crippen molar-refractivity contribution in [2.75, 3.05) is 7.05 Å². The minimum atomic E-state index is 0.181. The number of aliphatic imine (C=N–C) groups is 2. The van der Waals surface area contributed by atoms with Crippen LogP contribution in [0.2, 0.25) is 5.02 Å². The van der Waals surface area contributed by atoms with E-state index in [4.69, 9.17) is 17.3 Å². The number of carbonyl (C=O) groups excluding carboxylic acids is 1.